The van der Waals surface area contributed by atoms with Gasteiger partial charge in [-0.05, 0) is 49.2 Å². The second kappa shape index (κ2) is 7.41. The molecule has 0 aromatic heterocycles. The lowest BCUT2D eigenvalue weighted by Crippen LogP contribution is -2.04. The number of benzene rings is 2. The van der Waals surface area contributed by atoms with Gasteiger partial charge in [0.1, 0.15) is 11.5 Å². The van der Waals surface area contributed by atoms with Crippen LogP contribution in [-0.4, -0.2) is 16.9 Å². The maximum atomic E-state index is 12.1. The normalized spacial score (nSPS) is 10.2. The number of ether oxygens (including phenoxy) is 1. The van der Waals surface area contributed by atoms with Crippen LogP contribution in [0.1, 0.15) is 35.2 Å². The average molecular weight is 298 g/mol. The summed E-state index contributed by atoms with van der Waals surface area (Å²) < 4.78 is 5.72. The van der Waals surface area contributed by atoms with Crippen molar-refractivity contribution in [2.75, 3.05) is 0 Å². The number of ketones is 1. The minimum absolute atomic E-state index is 0.0139. The molecule has 0 aliphatic heterocycles. The van der Waals surface area contributed by atoms with E-state index in [0.717, 1.165) is 11.3 Å². The van der Waals surface area contributed by atoms with E-state index in [2.05, 4.69) is 0 Å². The fourth-order valence-corrected chi connectivity index (χ4v) is 2.17. The van der Waals surface area contributed by atoms with E-state index in [0.29, 0.717) is 17.7 Å². The number of carbonyl (C=O) groups excluding carboxylic acids is 1. The third kappa shape index (κ3) is 4.45. The first-order valence-electron chi connectivity index (χ1n) is 7.15. The van der Waals surface area contributed by atoms with Crippen LogP contribution < -0.4 is 4.74 Å². The molecule has 2 aromatic carbocycles. The number of para-hydroxylation sites is 1. The molecule has 0 aliphatic carbocycles. The lowest BCUT2D eigenvalue weighted by atomic mass is 10.0. The minimum Gasteiger partial charge on any atom is -0.481 e. The Morgan fingerprint density at radius 3 is 2.36 bits per heavy atom. The van der Waals surface area contributed by atoms with Crippen molar-refractivity contribution in [3.63, 3.8) is 0 Å². The summed E-state index contributed by atoms with van der Waals surface area (Å²) in [7, 11) is 0. The van der Waals surface area contributed by atoms with E-state index in [4.69, 9.17) is 9.84 Å². The molecule has 0 unspecified atom stereocenters. The van der Waals surface area contributed by atoms with Crippen molar-refractivity contribution >= 4 is 11.8 Å². The van der Waals surface area contributed by atoms with E-state index in [-0.39, 0.29) is 18.6 Å². The first kappa shape index (κ1) is 15.8. The Hall–Kier alpha value is -2.62. The van der Waals surface area contributed by atoms with E-state index in [9.17, 15) is 9.59 Å². The van der Waals surface area contributed by atoms with E-state index in [1.165, 1.54) is 0 Å². The number of hydrogen-bond acceptors (Lipinski definition) is 3. The maximum Gasteiger partial charge on any atom is 0.303 e. The van der Waals surface area contributed by atoms with E-state index < -0.39 is 5.97 Å². The summed E-state index contributed by atoms with van der Waals surface area (Å²) in [5, 5.41) is 8.60. The summed E-state index contributed by atoms with van der Waals surface area (Å²) >= 11 is 0. The number of Topliss-reactive ketones (excluding diaryl/α,β-unsaturated/α-hetero) is 1. The Labute approximate surface area is 129 Å². The van der Waals surface area contributed by atoms with Gasteiger partial charge in [0.15, 0.2) is 5.78 Å². The first-order valence-corrected chi connectivity index (χ1v) is 7.15. The molecule has 22 heavy (non-hydrogen) atoms. The van der Waals surface area contributed by atoms with Crippen molar-refractivity contribution in [2.24, 2.45) is 0 Å². The van der Waals surface area contributed by atoms with Gasteiger partial charge < -0.3 is 9.84 Å². The second-order valence-corrected chi connectivity index (χ2v) is 5.06. The molecule has 0 saturated carbocycles. The van der Waals surface area contributed by atoms with E-state index in [1.807, 2.05) is 43.3 Å². The zero-order valence-electron chi connectivity index (χ0n) is 12.4. The zero-order valence-corrected chi connectivity index (χ0v) is 12.4. The molecule has 2 aromatic rings. The number of aryl methyl sites for hydroxylation is 1. The van der Waals surface area contributed by atoms with Gasteiger partial charge in [-0.2, -0.15) is 0 Å². The Morgan fingerprint density at radius 1 is 1.00 bits per heavy atom. The van der Waals surface area contributed by atoms with Gasteiger partial charge >= 0.3 is 5.97 Å². The zero-order chi connectivity index (χ0) is 15.9. The Morgan fingerprint density at radius 2 is 1.73 bits per heavy atom. The number of carboxylic acid groups (broad SMARTS) is 1. The van der Waals surface area contributed by atoms with Crippen molar-refractivity contribution in [3.05, 3.63) is 59.7 Å². The number of rotatable bonds is 7. The van der Waals surface area contributed by atoms with E-state index in [1.54, 1.807) is 12.1 Å². The van der Waals surface area contributed by atoms with Crippen molar-refractivity contribution in [1.82, 2.24) is 0 Å². The highest BCUT2D eigenvalue weighted by Gasteiger charge is 2.11. The van der Waals surface area contributed by atoms with Crippen molar-refractivity contribution < 1.29 is 19.4 Å². The molecule has 0 aliphatic rings. The number of carboxylic acids is 1. The minimum atomic E-state index is -0.879. The highest BCUT2D eigenvalue weighted by molar-refractivity contribution is 5.97. The van der Waals surface area contributed by atoms with Gasteiger partial charge in [-0.15, -0.1) is 0 Å². The summed E-state index contributed by atoms with van der Waals surface area (Å²) in [6, 6.07) is 14.7. The fourth-order valence-electron chi connectivity index (χ4n) is 2.17. The van der Waals surface area contributed by atoms with Crippen LogP contribution in [0.15, 0.2) is 48.5 Å². The van der Waals surface area contributed by atoms with Crippen LogP contribution in [0.5, 0.6) is 11.5 Å². The van der Waals surface area contributed by atoms with Crippen LogP contribution in [0, 0.1) is 6.92 Å². The third-order valence-electron chi connectivity index (χ3n) is 3.27. The van der Waals surface area contributed by atoms with Crippen molar-refractivity contribution in [2.45, 2.75) is 26.2 Å². The van der Waals surface area contributed by atoms with Gasteiger partial charge in [0.05, 0.1) is 0 Å². The van der Waals surface area contributed by atoms with E-state index >= 15 is 0 Å². The standard InChI is InChI=1S/C18H18O4/c1-13-12-15(22-14-6-3-2-4-7-14)10-11-16(13)17(19)8-5-9-18(20)21/h2-4,6-7,10-12H,5,8-9H2,1H3,(H,20,21). The van der Waals surface area contributed by atoms with Crippen LogP contribution in [0.4, 0.5) is 0 Å². The van der Waals surface area contributed by atoms with Crippen LogP contribution >= 0.6 is 0 Å². The number of aliphatic carboxylic acids is 1. The van der Waals surface area contributed by atoms with Gasteiger partial charge in [0, 0.05) is 18.4 Å². The Balaban J connectivity index is 2.03. The highest BCUT2D eigenvalue weighted by atomic mass is 16.5. The summed E-state index contributed by atoms with van der Waals surface area (Å²) in [5.41, 5.74) is 1.44. The van der Waals surface area contributed by atoms with Gasteiger partial charge in [-0.25, -0.2) is 0 Å². The molecule has 0 heterocycles. The molecule has 2 rings (SSSR count). The molecular weight excluding hydrogens is 280 g/mol. The lowest BCUT2D eigenvalue weighted by molar-refractivity contribution is -0.137. The maximum absolute atomic E-state index is 12.1. The fraction of sp³-hybridized carbons (Fsp3) is 0.222. The highest BCUT2D eigenvalue weighted by Crippen LogP contribution is 2.24. The molecule has 0 spiro atoms. The molecular formula is C18H18O4. The monoisotopic (exact) mass is 298 g/mol. The van der Waals surface area contributed by atoms with Gasteiger partial charge in [0.25, 0.3) is 0 Å². The first-order chi connectivity index (χ1) is 10.6. The summed E-state index contributed by atoms with van der Waals surface area (Å²) in [6.07, 6.45) is 0.613. The molecule has 0 bridgehead atoms. The lowest BCUT2D eigenvalue weighted by Gasteiger charge is -2.09. The summed E-state index contributed by atoms with van der Waals surface area (Å²) in [6.45, 7) is 1.85. The predicted octanol–water partition coefficient (Wildman–Crippen LogP) is 4.22. The van der Waals surface area contributed by atoms with Crippen LogP contribution in [0.3, 0.4) is 0 Å². The van der Waals surface area contributed by atoms with Crippen LogP contribution in [0.2, 0.25) is 0 Å². The average Bonchev–Trinajstić information content (AvgIpc) is 2.48. The summed E-state index contributed by atoms with van der Waals surface area (Å²) in [5.74, 6) is 0.495. The molecule has 4 nitrogen and oxygen atoms in total. The molecule has 0 saturated heterocycles. The van der Waals surface area contributed by atoms with Gasteiger partial charge in [-0.1, -0.05) is 18.2 Å². The van der Waals surface area contributed by atoms with Crippen molar-refractivity contribution in [1.29, 1.82) is 0 Å². The van der Waals surface area contributed by atoms with Crippen molar-refractivity contribution in [3.8, 4) is 11.5 Å². The quantitative estimate of drug-likeness (QED) is 0.777. The molecule has 4 heteroatoms. The van der Waals surface area contributed by atoms with Crippen LogP contribution in [-0.2, 0) is 4.79 Å². The second-order valence-electron chi connectivity index (χ2n) is 5.06. The number of hydrogen-bond donors (Lipinski definition) is 1. The van der Waals surface area contributed by atoms with Gasteiger partial charge in [0.2, 0.25) is 0 Å². The SMILES string of the molecule is Cc1cc(Oc2ccccc2)ccc1C(=O)CCCC(=O)O. The molecule has 0 radical (unpaired) electrons. The molecule has 0 fully saturated rings. The van der Waals surface area contributed by atoms with Gasteiger partial charge in [-0.3, -0.25) is 9.59 Å². The molecule has 114 valence electrons. The van der Waals surface area contributed by atoms with Crippen LogP contribution in [0.25, 0.3) is 0 Å². The molecule has 0 amide bonds. The smallest absolute Gasteiger partial charge is 0.303 e. The Kier molecular flexibility index (Phi) is 5.31. The number of carbonyl (C=O) groups is 2. The molecule has 0 atom stereocenters. The third-order valence-corrected chi connectivity index (χ3v) is 3.27. The largest absolute Gasteiger partial charge is 0.481 e. The predicted molar refractivity (Wildman–Crippen MR) is 83.5 cm³/mol. The summed E-state index contributed by atoms with van der Waals surface area (Å²) in [4.78, 5) is 22.6. The molecule has 1 N–H and O–H groups in total. The Bertz CT molecular complexity index is 662. The topological polar surface area (TPSA) is 63.6 Å².